The van der Waals surface area contributed by atoms with Crippen LogP contribution in [0.4, 0.5) is 0 Å². The van der Waals surface area contributed by atoms with E-state index in [1.165, 1.54) is 0 Å². The molecule has 1 saturated heterocycles. The second kappa shape index (κ2) is 5.59. The van der Waals surface area contributed by atoms with Crippen molar-refractivity contribution in [3.8, 4) is 0 Å². The molecule has 1 fully saturated rings. The lowest BCUT2D eigenvalue weighted by Gasteiger charge is -2.46. The van der Waals surface area contributed by atoms with Crippen LogP contribution in [0.2, 0.25) is 12.6 Å². The largest absolute Gasteiger partial charge is 0.411 e. The molecule has 0 saturated carbocycles. The van der Waals surface area contributed by atoms with Crippen molar-refractivity contribution < 1.29 is 14.3 Å². The first-order valence-corrected chi connectivity index (χ1v) is 9.45. The van der Waals surface area contributed by atoms with Crippen LogP contribution in [0, 0.1) is 0 Å². The van der Waals surface area contributed by atoms with E-state index < -0.39 is 8.56 Å². The maximum atomic E-state index is 9.35. The third-order valence-electron chi connectivity index (χ3n) is 3.30. The summed E-state index contributed by atoms with van der Waals surface area (Å²) in [5, 5.41) is 3.62. The van der Waals surface area contributed by atoms with Gasteiger partial charge in [0.15, 0.2) is 0 Å². The molecule has 0 atom stereocenters. The lowest BCUT2D eigenvalue weighted by molar-refractivity contribution is -0.0217. The molecule has 1 aliphatic heterocycles. The number of piperidine rings is 1. The van der Waals surface area contributed by atoms with Gasteiger partial charge in [-0.05, 0) is 59.5 Å². The predicted octanol–water partition coefficient (Wildman–Crippen LogP) is 1.76. The van der Waals surface area contributed by atoms with Crippen LogP contribution >= 0.6 is 0 Å². The van der Waals surface area contributed by atoms with Gasteiger partial charge in [0.2, 0.25) is 0 Å². The second-order valence-corrected chi connectivity index (χ2v) is 10.0. The Bertz CT molecular complexity index is 258. The topological polar surface area (TPSA) is 61.7 Å². The summed E-state index contributed by atoms with van der Waals surface area (Å²) >= 11 is 0. The molecule has 0 spiro atoms. The van der Waals surface area contributed by atoms with E-state index >= 15 is 0 Å². The van der Waals surface area contributed by atoms with Gasteiger partial charge in [-0.15, -0.1) is 0 Å². The molecule has 1 rings (SSSR count). The van der Waals surface area contributed by atoms with E-state index in [1.807, 2.05) is 0 Å². The Morgan fingerprint density at radius 1 is 1.17 bits per heavy atom. The molecule has 3 N–H and O–H groups in total. The molecule has 1 aliphatic rings. The van der Waals surface area contributed by atoms with Crippen LogP contribution in [0.25, 0.3) is 0 Å². The molecular formula is C13H29NO3Si. The zero-order valence-electron chi connectivity index (χ0n) is 12.4. The van der Waals surface area contributed by atoms with E-state index in [-0.39, 0.29) is 17.2 Å². The quantitative estimate of drug-likeness (QED) is 0.528. The fraction of sp³-hybridized carbons (Fsp3) is 1.00. The highest BCUT2D eigenvalue weighted by Crippen LogP contribution is 2.30. The summed E-state index contributed by atoms with van der Waals surface area (Å²) < 4.78 is 5.91. The molecule has 0 aromatic carbocycles. The molecule has 0 aromatic rings. The summed E-state index contributed by atoms with van der Waals surface area (Å²) in [7, 11) is -2.89. The van der Waals surface area contributed by atoms with Crippen molar-refractivity contribution in [2.24, 2.45) is 0 Å². The Morgan fingerprint density at radius 3 is 2.11 bits per heavy atom. The van der Waals surface area contributed by atoms with Crippen LogP contribution in [0.3, 0.4) is 0 Å². The number of nitrogens with one attached hydrogen (secondary N) is 1. The van der Waals surface area contributed by atoms with Crippen LogP contribution < -0.4 is 5.32 Å². The number of hydrogen-bond acceptors (Lipinski definition) is 4. The van der Waals surface area contributed by atoms with Crippen LogP contribution in [0.5, 0.6) is 0 Å². The van der Waals surface area contributed by atoms with Crippen molar-refractivity contribution in [1.29, 1.82) is 0 Å². The smallest absolute Gasteiger partial charge is 0.329 e. The summed E-state index contributed by atoms with van der Waals surface area (Å²) in [6.45, 7) is 11.0. The van der Waals surface area contributed by atoms with Gasteiger partial charge in [0, 0.05) is 17.7 Å². The summed E-state index contributed by atoms with van der Waals surface area (Å²) in [6, 6.07) is 0.491. The van der Waals surface area contributed by atoms with E-state index in [9.17, 15) is 9.59 Å². The molecule has 0 unspecified atom stereocenters. The molecule has 108 valence electrons. The highest BCUT2D eigenvalue weighted by Gasteiger charge is 2.38. The van der Waals surface area contributed by atoms with Gasteiger partial charge in [-0.2, -0.15) is 0 Å². The number of hydrogen-bond donors (Lipinski definition) is 3. The van der Waals surface area contributed by atoms with Crippen molar-refractivity contribution in [2.45, 2.75) is 76.7 Å². The minimum absolute atomic E-state index is 0.101. The van der Waals surface area contributed by atoms with E-state index in [0.29, 0.717) is 12.7 Å². The third-order valence-corrected chi connectivity index (χ3v) is 4.60. The molecule has 18 heavy (non-hydrogen) atoms. The van der Waals surface area contributed by atoms with Crippen LogP contribution in [0.1, 0.15) is 47.0 Å². The summed E-state index contributed by atoms with van der Waals surface area (Å²) in [5.41, 5.74) is 0.202. The number of rotatable bonds is 5. The van der Waals surface area contributed by atoms with E-state index in [0.717, 1.165) is 19.3 Å². The molecule has 5 heteroatoms. The minimum atomic E-state index is -2.89. The molecule has 0 aromatic heterocycles. The molecular weight excluding hydrogens is 246 g/mol. The lowest BCUT2D eigenvalue weighted by atomic mass is 9.81. The zero-order chi connectivity index (χ0) is 14.0. The second-order valence-electron chi connectivity index (χ2n) is 7.11. The van der Waals surface area contributed by atoms with Gasteiger partial charge in [0.25, 0.3) is 0 Å². The first kappa shape index (κ1) is 16.1. The van der Waals surface area contributed by atoms with E-state index in [1.54, 1.807) is 6.55 Å². The monoisotopic (exact) mass is 275 g/mol. The van der Waals surface area contributed by atoms with Crippen molar-refractivity contribution in [3.05, 3.63) is 0 Å². The molecule has 1 heterocycles. The van der Waals surface area contributed by atoms with Gasteiger partial charge in [-0.3, -0.25) is 0 Å². The standard InChI is InChI=1S/C13H29NO3Si/c1-12(2)9-11(10-13(3,4)14-12)17-7-6-8-18(5,15)16/h11,14-16H,6-10H2,1-5H3. The molecule has 4 nitrogen and oxygen atoms in total. The Balaban J connectivity index is 2.34. The van der Waals surface area contributed by atoms with Crippen LogP contribution in [0.15, 0.2) is 0 Å². The Morgan fingerprint density at radius 2 is 1.67 bits per heavy atom. The zero-order valence-corrected chi connectivity index (χ0v) is 13.4. The van der Waals surface area contributed by atoms with Gasteiger partial charge < -0.3 is 19.6 Å². The van der Waals surface area contributed by atoms with E-state index in [4.69, 9.17) is 4.74 Å². The van der Waals surface area contributed by atoms with Crippen molar-refractivity contribution in [1.82, 2.24) is 5.32 Å². The number of ether oxygens (including phenoxy) is 1. The Labute approximate surface area is 112 Å². The SMILES string of the molecule is CC1(C)CC(OCCC[Si](C)(O)O)CC(C)(C)N1. The fourth-order valence-corrected chi connectivity index (χ4v) is 3.82. The Hall–Kier alpha value is 0.0569. The summed E-state index contributed by atoms with van der Waals surface area (Å²) in [4.78, 5) is 18.7. The summed E-state index contributed by atoms with van der Waals surface area (Å²) in [5.74, 6) is 0. The van der Waals surface area contributed by atoms with Crippen molar-refractivity contribution >= 4 is 8.56 Å². The van der Waals surface area contributed by atoms with Gasteiger partial charge in [0.05, 0.1) is 6.10 Å². The maximum absolute atomic E-state index is 9.35. The van der Waals surface area contributed by atoms with E-state index in [2.05, 4.69) is 33.0 Å². The van der Waals surface area contributed by atoms with Crippen LogP contribution in [-0.4, -0.2) is 41.9 Å². The van der Waals surface area contributed by atoms with Gasteiger partial charge in [-0.25, -0.2) is 0 Å². The maximum Gasteiger partial charge on any atom is 0.329 e. The van der Waals surface area contributed by atoms with Crippen LogP contribution in [-0.2, 0) is 4.74 Å². The van der Waals surface area contributed by atoms with Gasteiger partial charge >= 0.3 is 8.56 Å². The first-order chi connectivity index (χ1) is 7.99. The highest BCUT2D eigenvalue weighted by atomic mass is 28.4. The minimum Gasteiger partial charge on any atom is -0.411 e. The fourth-order valence-electron chi connectivity index (χ4n) is 3.00. The molecule has 0 amide bonds. The first-order valence-electron chi connectivity index (χ1n) is 6.85. The summed E-state index contributed by atoms with van der Waals surface area (Å²) in [6.07, 6.45) is 3.01. The normalized spacial score (nSPS) is 24.2. The third kappa shape index (κ3) is 6.29. The van der Waals surface area contributed by atoms with Crippen molar-refractivity contribution in [2.75, 3.05) is 6.61 Å². The van der Waals surface area contributed by atoms with Gasteiger partial charge in [0.1, 0.15) is 0 Å². The molecule has 0 aliphatic carbocycles. The average Bonchev–Trinajstić information content (AvgIpc) is 2.05. The lowest BCUT2D eigenvalue weighted by Crippen LogP contribution is -2.59. The highest BCUT2D eigenvalue weighted by molar-refractivity contribution is 6.63. The van der Waals surface area contributed by atoms with Gasteiger partial charge in [-0.1, -0.05) is 0 Å². The average molecular weight is 275 g/mol. The molecule has 0 radical (unpaired) electrons. The molecule has 0 bridgehead atoms. The Kier molecular flexibility index (Phi) is 5.00. The van der Waals surface area contributed by atoms with Crippen molar-refractivity contribution in [3.63, 3.8) is 0 Å². The predicted molar refractivity (Wildman–Crippen MR) is 75.7 cm³/mol.